The SMILES string of the molecule is Cc1cc(OCC(=O)c2cc(Cl)sc2Cl)cc(C(C)C)c1. The number of halogens is 2. The molecule has 0 unspecified atom stereocenters. The van der Waals surface area contributed by atoms with Crippen molar-refractivity contribution in [2.75, 3.05) is 6.61 Å². The van der Waals surface area contributed by atoms with Crippen molar-refractivity contribution in [3.63, 3.8) is 0 Å². The highest BCUT2D eigenvalue weighted by Crippen LogP contribution is 2.31. The van der Waals surface area contributed by atoms with Gasteiger partial charge in [0.15, 0.2) is 6.61 Å². The second-order valence-electron chi connectivity index (χ2n) is 5.18. The summed E-state index contributed by atoms with van der Waals surface area (Å²) in [6.07, 6.45) is 0. The number of hydrogen-bond acceptors (Lipinski definition) is 3. The van der Waals surface area contributed by atoms with Crippen LogP contribution in [0.25, 0.3) is 0 Å². The Morgan fingerprint density at radius 2 is 1.95 bits per heavy atom. The smallest absolute Gasteiger partial charge is 0.202 e. The van der Waals surface area contributed by atoms with Crippen LogP contribution in [0.5, 0.6) is 5.75 Å². The van der Waals surface area contributed by atoms with E-state index in [4.69, 9.17) is 27.9 Å². The Bertz CT molecular complexity index is 662. The molecule has 0 aliphatic rings. The second-order valence-corrected chi connectivity index (χ2v) is 7.47. The van der Waals surface area contributed by atoms with Crippen molar-refractivity contribution in [3.8, 4) is 5.75 Å². The normalized spacial score (nSPS) is 11.0. The van der Waals surface area contributed by atoms with Gasteiger partial charge in [0.05, 0.1) is 9.90 Å². The van der Waals surface area contributed by atoms with Gasteiger partial charge in [0.25, 0.3) is 0 Å². The first-order valence-corrected chi connectivity index (χ1v) is 8.16. The molecule has 0 bridgehead atoms. The Balaban J connectivity index is 2.09. The van der Waals surface area contributed by atoms with E-state index in [0.29, 0.717) is 25.9 Å². The van der Waals surface area contributed by atoms with E-state index in [9.17, 15) is 4.79 Å². The molecule has 0 N–H and O–H groups in total. The summed E-state index contributed by atoms with van der Waals surface area (Å²) in [5.41, 5.74) is 2.72. The van der Waals surface area contributed by atoms with Gasteiger partial charge in [-0.3, -0.25) is 4.79 Å². The van der Waals surface area contributed by atoms with E-state index >= 15 is 0 Å². The number of ketones is 1. The summed E-state index contributed by atoms with van der Waals surface area (Å²) < 4.78 is 6.52. The van der Waals surface area contributed by atoms with Crippen molar-refractivity contribution in [1.29, 1.82) is 0 Å². The van der Waals surface area contributed by atoms with Crippen molar-refractivity contribution in [2.45, 2.75) is 26.7 Å². The fraction of sp³-hybridized carbons (Fsp3) is 0.312. The van der Waals surface area contributed by atoms with E-state index in [0.717, 1.165) is 5.56 Å². The van der Waals surface area contributed by atoms with Gasteiger partial charge in [-0.05, 0) is 42.2 Å². The van der Waals surface area contributed by atoms with E-state index in [1.807, 2.05) is 19.1 Å². The van der Waals surface area contributed by atoms with Crippen LogP contribution in [-0.2, 0) is 0 Å². The molecule has 2 nitrogen and oxygen atoms in total. The van der Waals surface area contributed by atoms with Crippen molar-refractivity contribution < 1.29 is 9.53 Å². The standard InChI is InChI=1S/C16H16Cl2O2S/c1-9(2)11-4-10(3)5-12(6-11)20-8-14(19)13-7-15(17)21-16(13)18/h4-7,9H,8H2,1-3H3. The van der Waals surface area contributed by atoms with E-state index < -0.39 is 0 Å². The van der Waals surface area contributed by atoms with Gasteiger partial charge < -0.3 is 4.74 Å². The number of carbonyl (C=O) groups excluding carboxylic acids is 1. The van der Waals surface area contributed by atoms with E-state index in [1.165, 1.54) is 16.9 Å². The largest absolute Gasteiger partial charge is 0.485 e. The van der Waals surface area contributed by atoms with E-state index in [1.54, 1.807) is 6.07 Å². The summed E-state index contributed by atoms with van der Waals surface area (Å²) in [6, 6.07) is 7.58. The van der Waals surface area contributed by atoms with E-state index in [2.05, 4.69) is 19.9 Å². The first-order valence-electron chi connectivity index (χ1n) is 6.59. The molecule has 5 heteroatoms. The molecule has 2 rings (SSSR count). The van der Waals surface area contributed by atoms with Gasteiger partial charge in [-0.15, -0.1) is 11.3 Å². The van der Waals surface area contributed by atoms with Gasteiger partial charge in [-0.2, -0.15) is 0 Å². The third kappa shape index (κ3) is 4.22. The maximum absolute atomic E-state index is 12.1. The fourth-order valence-electron chi connectivity index (χ4n) is 1.95. The summed E-state index contributed by atoms with van der Waals surface area (Å²) in [4.78, 5) is 12.1. The van der Waals surface area contributed by atoms with Gasteiger partial charge in [0.1, 0.15) is 10.1 Å². The highest BCUT2D eigenvalue weighted by molar-refractivity contribution is 7.20. The van der Waals surface area contributed by atoms with Crippen LogP contribution in [0.3, 0.4) is 0 Å². The lowest BCUT2D eigenvalue weighted by Crippen LogP contribution is -2.11. The summed E-state index contributed by atoms with van der Waals surface area (Å²) in [7, 11) is 0. The second kappa shape index (κ2) is 6.82. The first kappa shape index (κ1) is 16.3. The average molecular weight is 343 g/mol. The molecular weight excluding hydrogens is 327 g/mol. The van der Waals surface area contributed by atoms with Crippen LogP contribution >= 0.6 is 34.5 Å². The third-order valence-corrected chi connectivity index (χ3v) is 4.55. The number of aryl methyl sites for hydroxylation is 1. The van der Waals surface area contributed by atoms with Gasteiger partial charge in [-0.1, -0.05) is 43.1 Å². The lowest BCUT2D eigenvalue weighted by atomic mass is 10.0. The van der Waals surface area contributed by atoms with Crippen molar-refractivity contribution >= 4 is 40.3 Å². The molecule has 1 aromatic heterocycles. The molecule has 0 atom stereocenters. The molecule has 21 heavy (non-hydrogen) atoms. The average Bonchev–Trinajstić information content (AvgIpc) is 2.74. The molecule has 0 amide bonds. The predicted molar refractivity (Wildman–Crippen MR) is 89.4 cm³/mol. The number of carbonyl (C=O) groups is 1. The van der Waals surface area contributed by atoms with Crippen LogP contribution < -0.4 is 4.74 Å². The first-order chi connectivity index (χ1) is 9.86. The lowest BCUT2D eigenvalue weighted by Gasteiger charge is -2.11. The summed E-state index contributed by atoms with van der Waals surface area (Å²) in [6.45, 7) is 6.21. The zero-order valence-corrected chi connectivity index (χ0v) is 14.4. The zero-order valence-electron chi connectivity index (χ0n) is 12.1. The Morgan fingerprint density at radius 3 is 2.52 bits per heavy atom. The summed E-state index contributed by atoms with van der Waals surface area (Å²) in [5.74, 6) is 0.938. The quantitative estimate of drug-likeness (QED) is 0.646. The molecule has 0 aliphatic heterocycles. The lowest BCUT2D eigenvalue weighted by molar-refractivity contribution is 0.0922. The Labute approximate surface area is 138 Å². The van der Waals surface area contributed by atoms with Crippen molar-refractivity contribution in [2.24, 2.45) is 0 Å². The van der Waals surface area contributed by atoms with Crippen LogP contribution in [0.2, 0.25) is 8.67 Å². The van der Waals surface area contributed by atoms with Crippen LogP contribution in [0.4, 0.5) is 0 Å². The number of ether oxygens (including phenoxy) is 1. The predicted octanol–water partition coefficient (Wildman–Crippen LogP) is 5.75. The van der Waals surface area contributed by atoms with Gasteiger partial charge in [0.2, 0.25) is 5.78 Å². The molecular formula is C16H16Cl2O2S. The number of hydrogen-bond donors (Lipinski definition) is 0. The third-order valence-electron chi connectivity index (χ3n) is 3.07. The molecule has 1 aromatic carbocycles. The summed E-state index contributed by atoms with van der Waals surface area (Å²) in [5, 5.41) is 0. The van der Waals surface area contributed by atoms with Crippen molar-refractivity contribution in [3.05, 3.63) is 49.6 Å². The monoisotopic (exact) mass is 342 g/mol. The molecule has 0 saturated carbocycles. The fourth-order valence-corrected chi connectivity index (χ4v) is 3.45. The van der Waals surface area contributed by atoms with Crippen molar-refractivity contribution in [1.82, 2.24) is 0 Å². The molecule has 0 radical (unpaired) electrons. The van der Waals surface area contributed by atoms with Gasteiger partial charge in [0, 0.05) is 0 Å². The number of Topliss-reactive ketones (excluding diaryl/α,β-unsaturated/α-hetero) is 1. The van der Waals surface area contributed by atoms with Gasteiger partial charge >= 0.3 is 0 Å². The maximum Gasteiger partial charge on any atom is 0.202 e. The minimum atomic E-state index is -0.171. The highest BCUT2D eigenvalue weighted by atomic mass is 35.5. The van der Waals surface area contributed by atoms with E-state index in [-0.39, 0.29) is 12.4 Å². The molecule has 1 heterocycles. The Kier molecular flexibility index (Phi) is 5.31. The molecule has 0 saturated heterocycles. The minimum Gasteiger partial charge on any atom is -0.485 e. The van der Waals surface area contributed by atoms with Crippen LogP contribution in [0.15, 0.2) is 24.3 Å². The minimum absolute atomic E-state index is 0.0478. The maximum atomic E-state index is 12.1. The topological polar surface area (TPSA) is 26.3 Å². The molecule has 0 fully saturated rings. The van der Waals surface area contributed by atoms with Gasteiger partial charge in [-0.25, -0.2) is 0 Å². The summed E-state index contributed by atoms with van der Waals surface area (Å²) >= 11 is 13.0. The molecule has 2 aromatic rings. The zero-order chi connectivity index (χ0) is 15.6. The van der Waals surface area contributed by atoms with Crippen LogP contribution in [0.1, 0.15) is 41.3 Å². The highest BCUT2D eigenvalue weighted by Gasteiger charge is 2.15. The molecule has 0 aliphatic carbocycles. The number of rotatable bonds is 5. The number of benzene rings is 1. The molecule has 0 spiro atoms. The van der Waals surface area contributed by atoms with Crippen LogP contribution in [0, 0.1) is 6.92 Å². The Morgan fingerprint density at radius 1 is 1.24 bits per heavy atom. The molecule has 112 valence electrons. The Hall–Kier alpha value is -1.03. The number of thiophene rings is 1. The van der Waals surface area contributed by atoms with Crippen LogP contribution in [-0.4, -0.2) is 12.4 Å².